The second-order valence-electron chi connectivity index (χ2n) is 17.2. The van der Waals surface area contributed by atoms with Crippen molar-refractivity contribution in [3.8, 4) is 5.75 Å². The molecule has 1 saturated carbocycles. The summed E-state index contributed by atoms with van der Waals surface area (Å²) in [4.78, 5) is 73.6. The van der Waals surface area contributed by atoms with Crippen LogP contribution in [0.3, 0.4) is 0 Å². The van der Waals surface area contributed by atoms with Gasteiger partial charge in [0.2, 0.25) is 17.5 Å². The van der Waals surface area contributed by atoms with Crippen molar-refractivity contribution >= 4 is 46.8 Å². The van der Waals surface area contributed by atoms with Crippen LogP contribution in [0.4, 0.5) is 5.69 Å². The number of nitrogens with zero attached hydrogens (tertiary/aromatic N) is 4. The molecule has 2 bridgehead atoms. The molecule has 0 aromatic heterocycles. The van der Waals surface area contributed by atoms with Crippen LogP contribution in [-0.2, 0) is 9.59 Å². The number of likely N-dealkylation sites (tertiary alicyclic amines) is 1. The molecule has 4 saturated heterocycles. The number of halogens is 1. The first kappa shape index (κ1) is 38.5. The summed E-state index contributed by atoms with van der Waals surface area (Å²) >= 11 is 6.24. The van der Waals surface area contributed by atoms with Gasteiger partial charge in [-0.15, -0.1) is 0 Å². The van der Waals surface area contributed by atoms with Gasteiger partial charge in [0.05, 0.1) is 22.7 Å². The number of amides is 5. The molecule has 58 heavy (non-hydrogen) atoms. The third-order valence-electron chi connectivity index (χ3n) is 13.8. The van der Waals surface area contributed by atoms with E-state index in [4.69, 9.17) is 22.9 Å². The van der Waals surface area contributed by atoms with Crippen molar-refractivity contribution in [3.05, 3.63) is 105 Å². The number of carbonyl (C=O) groups excluding carboxylic acids is 5. The number of carbonyl (C=O) groups is 5. The van der Waals surface area contributed by atoms with Crippen molar-refractivity contribution < 1.29 is 28.7 Å². The maximum Gasteiger partial charge on any atom is 0.262 e. The van der Waals surface area contributed by atoms with Gasteiger partial charge in [0, 0.05) is 43.5 Å². The molecule has 12 heteroatoms. The van der Waals surface area contributed by atoms with Gasteiger partial charge in [-0.3, -0.25) is 34.2 Å². The molecule has 3 aromatic carbocycles. The molecule has 5 heterocycles. The number of imide groups is 2. The number of hydrogen-bond acceptors (Lipinski definition) is 7. The summed E-state index contributed by atoms with van der Waals surface area (Å²) in [5.74, 6) is 0.340. The van der Waals surface area contributed by atoms with Gasteiger partial charge in [-0.2, -0.15) is 0 Å². The molecule has 300 valence electrons. The maximum absolute atomic E-state index is 13.8. The van der Waals surface area contributed by atoms with Gasteiger partial charge in [0.1, 0.15) is 17.9 Å². The number of rotatable bonds is 8. The number of hydrogen-bond donors (Lipinski definition) is 1. The second-order valence-corrected chi connectivity index (χ2v) is 17.6. The molecular formula is C46H48ClN5O6. The molecule has 5 fully saturated rings. The highest BCUT2D eigenvalue weighted by atomic mass is 35.5. The molecule has 0 spiro atoms. The van der Waals surface area contributed by atoms with E-state index in [9.17, 15) is 24.0 Å². The minimum Gasteiger partial charge on any atom is -0.490 e. The Morgan fingerprint density at radius 1 is 0.776 bits per heavy atom. The molecule has 3 aromatic rings. The van der Waals surface area contributed by atoms with E-state index in [1.807, 2.05) is 24.3 Å². The third-order valence-corrected chi connectivity index (χ3v) is 14.1. The normalized spacial score (nSPS) is 27.7. The fraction of sp³-hybridized carbons (Fsp3) is 0.478. The lowest BCUT2D eigenvalue weighted by molar-refractivity contribution is -0.136. The zero-order valence-corrected chi connectivity index (χ0v) is 33.3. The minimum atomic E-state index is -0.952. The van der Waals surface area contributed by atoms with Crippen LogP contribution >= 0.6 is 11.6 Å². The number of benzene rings is 3. The first-order valence-corrected chi connectivity index (χ1v) is 21.4. The zero-order valence-electron chi connectivity index (χ0n) is 32.5. The van der Waals surface area contributed by atoms with Gasteiger partial charge in [-0.05, 0) is 136 Å². The van der Waals surface area contributed by atoms with Crippen molar-refractivity contribution in [1.82, 2.24) is 20.0 Å². The van der Waals surface area contributed by atoms with Crippen LogP contribution in [0.1, 0.15) is 131 Å². The lowest BCUT2D eigenvalue weighted by Crippen LogP contribution is -2.54. The average molecular weight is 802 g/mol. The van der Waals surface area contributed by atoms with Gasteiger partial charge in [0.15, 0.2) is 0 Å². The standard InChI is InChI=1S/C46H48ClN5O6/c1-48-40-15-13-35(25-39(40)47)58-36-23-33-11-12-34(24-36)51(33)44(55)31-8-6-28(7-9-31)30-18-20-50(21-19-30)26-27-2-4-29(5-3-27)32-10-14-37-38(22-32)46(57)52(45(37)56)41-16-17-42(53)49-43(41)54/h6-10,13-15,22,25,27,29-30,33-34,36,41H,2-5,11-12,16-21,23-24,26H2,(H,49,53,54). The smallest absolute Gasteiger partial charge is 0.262 e. The van der Waals surface area contributed by atoms with Crippen molar-refractivity contribution in [2.24, 2.45) is 5.92 Å². The van der Waals surface area contributed by atoms with Crippen LogP contribution in [-0.4, -0.2) is 88.1 Å². The molecule has 6 aliphatic rings. The fourth-order valence-corrected chi connectivity index (χ4v) is 10.9. The minimum absolute atomic E-state index is 0.0141. The summed E-state index contributed by atoms with van der Waals surface area (Å²) in [6.45, 7) is 10.4. The topological polar surface area (TPSA) is 121 Å². The summed E-state index contributed by atoms with van der Waals surface area (Å²) in [6.07, 6.45) is 10.3. The molecule has 9 rings (SSSR count). The molecule has 1 N–H and O–H groups in total. The summed E-state index contributed by atoms with van der Waals surface area (Å²) in [7, 11) is 0. The SMILES string of the molecule is [C-]#[N+]c1ccc(OC2CC3CCC(C2)N3C(=O)c2ccc(C3CCN(CC4CCC(c5ccc6c(c5)C(=O)N(C5CCC(=O)NC5=O)C6=O)CC4)CC3)cc2)cc1Cl. The second kappa shape index (κ2) is 16.0. The van der Waals surface area contributed by atoms with Gasteiger partial charge in [-0.25, -0.2) is 4.85 Å². The number of nitrogens with one attached hydrogen (secondary N) is 1. The maximum atomic E-state index is 13.8. The number of piperidine rings is 3. The Morgan fingerprint density at radius 3 is 2.12 bits per heavy atom. The monoisotopic (exact) mass is 801 g/mol. The number of fused-ring (bicyclic) bond motifs is 3. The summed E-state index contributed by atoms with van der Waals surface area (Å²) in [5, 5.41) is 2.65. The van der Waals surface area contributed by atoms with Crippen LogP contribution in [0.25, 0.3) is 4.85 Å². The quantitative estimate of drug-likeness (QED) is 0.184. The van der Waals surface area contributed by atoms with Crippen LogP contribution < -0.4 is 10.1 Å². The van der Waals surface area contributed by atoms with Crippen LogP contribution in [0.15, 0.2) is 60.7 Å². The lowest BCUT2D eigenvalue weighted by Gasteiger charge is -2.39. The van der Waals surface area contributed by atoms with E-state index in [1.54, 1.807) is 24.3 Å². The summed E-state index contributed by atoms with van der Waals surface area (Å²) < 4.78 is 6.28. The molecule has 5 aliphatic heterocycles. The van der Waals surface area contributed by atoms with Gasteiger partial charge < -0.3 is 14.5 Å². The van der Waals surface area contributed by atoms with Gasteiger partial charge in [0.25, 0.3) is 17.7 Å². The Kier molecular flexibility index (Phi) is 10.6. The third kappa shape index (κ3) is 7.41. The van der Waals surface area contributed by atoms with Crippen molar-refractivity contribution in [1.29, 1.82) is 0 Å². The highest BCUT2D eigenvalue weighted by Crippen LogP contribution is 2.41. The van der Waals surface area contributed by atoms with Crippen molar-refractivity contribution in [3.63, 3.8) is 0 Å². The molecule has 11 nitrogen and oxygen atoms in total. The Labute approximate surface area is 343 Å². The first-order chi connectivity index (χ1) is 28.1. The van der Waals surface area contributed by atoms with E-state index in [2.05, 4.69) is 32.1 Å². The Morgan fingerprint density at radius 2 is 1.45 bits per heavy atom. The predicted molar refractivity (Wildman–Crippen MR) is 217 cm³/mol. The van der Waals surface area contributed by atoms with E-state index in [-0.39, 0.29) is 42.8 Å². The van der Waals surface area contributed by atoms with Gasteiger partial charge in [-0.1, -0.05) is 35.9 Å². The molecule has 3 unspecified atom stereocenters. The Bertz CT molecular complexity index is 2170. The molecule has 5 amide bonds. The van der Waals surface area contributed by atoms with E-state index < -0.39 is 23.8 Å². The summed E-state index contributed by atoms with van der Waals surface area (Å²) in [6, 6.07) is 18.5. The van der Waals surface area contributed by atoms with Crippen molar-refractivity contribution in [2.45, 2.75) is 113 Å². The average Bonchev–Trinajstić information content (AvgIpc) is 3.65. The summed E-state index contributed by atoms with van der Waals surface area (Å²) in [5.41, 5.74) is 4.25. The molecular weight excluding hydrogens is 754 g/mol. The van der Waals surface area contributed by atoms with Crippen LogP contribution in [0.2, 0.25) is 5.02 Å². The largest absolute Gasteiger partial charge is 0.490 e. The van der Waals surface area contributed by atoms with Crippen LogP contribution in [0, 0.1) is 12.5 Å². The molecule has 1 aliphatic carbocycles. The zero-order chi connectivity index (χ0) is 40.1. The van der Waals surface area contributed by atoms with Crippen molar-refractivity contribution in [2.75, 3.05) is 19.6 Å². The van der Waals surface area contributed by atoms with E-state index in [1.165, 1.54) is 5.56 Å². The Hall–Kier alpha value is -5.05. The van der Waals surface area contributed by atoms with Crippen LogP contribution in [0.5, 0.6) is 5.75 Å². The van der Waals surface area contributed by atoms with E-state index >= 15 is 0 Å². The molecule has 3 atom stereocenters. The fourth-order valence-electron chi connectivity index (χ4n) is 10.7. The number of ether oxygens (including phenoxy) is 1. The molecule has 0 radical (unpaired) electrons. The van der Waals surface area contributed by atoms with E-state index in [0.29, 0.717) is 45.3 Å². The predicted octanol–water partition coefficient (Wildman–Crippen LogP) is 7.66. The highest BCUT2D eigenvalue weighted by Gasteiger charge is 2.46. The highest BCUT2D eigenvalue weighted by molar-refractivity contribution is 6.33. The lowest BCUT2D eigenvalue weighted by atomic mass is 9.77. The van der Waals surface area contributed by atoms with Gasteiger partial charge >= 0.3 is 0 Å². The first-order valence-electron chi connectivity index (χ1n) is 21.0. The Balaban J connectivity index is 0.730. The van der Waals surface area contributed by atoms with E-state index in [0.717, 1.165) is 99.9 Å².